The average Bonchev–Trinajstić information content (AvgIpc) is 2.67. The fourth-order valence-electron chi connectivity index (χ4n) is 2.25. The molecule has 17 heavy (non-hydrogen) atoms. The number of aromatic nitrogens is 2. The van der Waals surface area contributed by atoms with Crippen LogP contribution in [0.1, 0.15) is 12.0 Å². The molecule has 1 heterocycles. The molecule has 0 aliphatic heterocycles. The number of H-pyrrole nitrogens is 1. The number of halogens is 2. The highest BCUT2D eigenvalue weighted by Crippen LogP contribution is 2.62. The van der Waals surface area contributed by atoms with Crippen molar-refractivity contribution in [1.82, 2.24) is 10.2 Å². The molecule has 1 aliphatic rings. The van der Waals surface area contributed by atoms with E-state index in [1.807, 2.05) is 0 Å². The van der Waals surface area contributed by atoms with Gasteiger partial charge in [-0.05, 0) is 0 Å². The summed E-state index contributed by atoms with van der Waals surface area (Å²) in [6.45, 7) is 0. The molecule has 1 saturated carbocycles. The number of rotatable bonds is 2. The topological polar surface area (TPSA) is 66.0 Å². The molecule has 0 radical (unpaired) electrons. The van der Waals surface area contributed by atoms with Crippen LogP contribution in [0.25, 0.3) is 10.9 Å². The third kappa shape index (κ3) is 1.09. The molecule has 1 aromatic heterocycles. The smallest absolute Gasteiger partial charge is 0.320 e. The first-order chi connectivity index (χ1) is 7.99. The maximum atomic E-state index is 13.4. The minimum absolute atomic E-state index is 0.102. The van der Waals surface area contributed by atoms with E-state index in [9.17, 15) is 13.6 Å². The third-order valence-corrected chi connectivity index (χ3v) is 3.29. The van der Waals surface area contributed by atoms with Crippen LogP contribution in [0.3, 0.4) is 0 Å². The number of carboxylic acids is 1. The van der Waals surface area contributed by atoms with Crippen LogP contribution in [0, 0.1) is 0 Å². The maximum Gasteiger partial charge on any atom is 0.320 e. The number of fused-ring (bicyclic) bond motifs is 1. The van der Waals surface area contributed by atoms with Gasteiger partial charge in [0.2, 0.25) is 0 Å². The zero-order chi connectivity index (χ0) is 12.3. The molecule has 0 amide bonds. The van der Waals surface area contributed by atoms with Crippen LogP contribution in [0.2, 0.25) is 0 Å². The number of alkyl halides is 2. The van der Waals surface area contributed by atoms with Crippen molar-refractivity contribution in [2.75, 3.05) is 0 Å². The van der Waals surface area contributed by atoms with Crippen molar-refractivity contribution < 1.29 is 18.7 Å². The number of para-hydroxylation sites is 1. The molecule has 2 aromatic rings. The Balaban J connectivity index is 2.28. The molecule has 1 aromatic carbocycles. The Hall–Kier alpha value is -1.98. The second kappa shape index (κ2) is 2.82. The largest absolute Gasteiger partial charge is 0.480 e. The van der Waals surface area contributed by atoms with Gasteiger partial charge in [0.25, 0.3) is 5.92 Å². The molecule has 88 valence electrons. The minimum atomic E-state index is -3.20. The van der Waals surface area contributed by atoms with Gasteiger partial charge in [-0.2, -0.15) is 5.10 Å². The summed E-state index contributed by atoms with van der Waals surface area (Å²) in [5, 5.41) is 16.0. The van der Waals surface area contributed by atoms with Crippen molar-refractivity contribution in [3.05, 3.63) is 30.0 Å². The third-order valence-electron chi connectivity index (χ3n) is 3.29. The molecule has 4 nitrogen and oxygen atoms in total. The van der Waals surface area contributed by atoms with E-state index in [2.05, 4.69) is 10.2 Å². The molecule has 0 spiro atoms. The van der Waals surface area contributed by atoms with Crippen LogP contribution < -0.4 is 0 Å². The second-order valence-corrected chi connectivity index (χ2v) is 4.23. The van der Waals surface area contributed by atoms with Gasteiger partial charge in [0, 0.05) is 17.4 Å². The van der Waals surface area contributed by atoms with Gasteiger partial charge in [0.1, 0.15) is 0 Å². The Bertz CT molecular complexity index is 623. The van der Waals surface area contributed by atoms with Gasteiger partial charge in [-0.15, -0.1) is 0 Å². The highest BCUT2D eigenvalue weighted by molar-refractivity contribution is 5.94. The van der Waals surface area contributed by atoms with Crippen LogP contribution in [-0.2, 0) is 10.2 Å². The van der Waals surface area contributed by atoms with Crippen molar-refractivity contribution in [3.63, 3.8) is 0 Å². The lowest BCUT2D eigenvalue weighted by molar-refractivity contribution is -0.142. The summed E-state index contributed by atoms with van der Waals surface area (Å²) < 4.78 is 26.8. The first kappa shape index (κ1) is 10.2. The Morgan fingerprint density at radius 2 is 2.18 bits per heavy atom. The molecule has 1 fully saturated rings. The lowest BCUT2D eigenvalue weighted by Crippen LogP contribution is -2.27. The quantitative estimate of drug-likeness (QED) is 0.840. The molecule has 1 atom stereocenters. The lowest BCUT2D eigenvalue weighted by Gasteiger charge is -2.12. The second-order valence-electron chi connectivity index (χ2n) is 4.23. The standard InChI is InChI=1S/C11H8F2N2O2/c12-11(13)5-10(11,9(16)17)7-3-1-2-6-4-14-15-8(6)7/h1-4H,5H2,(H,14,15)(H,16,17). The summed E-state index contributed by atoms with van der Waals surface area (Å²) in [4.78, 5) is 11.2. The number of nitrogens with zero attached hydrogens (tertiary/aromatic N) is 1. The van der Waals surface area contributed by atoms with Crippen LogP contribution in [-0.4, -0.2) is 27.2 Å². The summed E-state index contributed by atoms with van der Waals surface area (Å²) in [5.41, 5.74) is -1.63. The Morgan fingerprint density at radius 3 is 2.76 bits per heavy atom. The average molecular weight is 238 g/mol. The molecule has 3 rings (SSSR count). The minimum Gasteiger partial charge on any atom is -0.480 e. The van der Waals surface area contributed by atoms with E-state index >= 15 is 0 Å². The van der Waals surface area contributed by atoms with Crippen molar-refractivity contribution in [2.45, 2.75) is 17.8 Å². The van der Waals surface area contributed by atoms with Crippen LogP contribution in [0.4, 0.5) is 8.78 Å². The predicted molar refractivity (Wildman–Crippen MR) is 55.0 cm³/mol. The van der Waals surface area contributed by atoms with E-state index in [1.165, 1.54) is 12.3 Å². The number of carboxylic acid groups (broad SMARTS) is 1. The number of aromatic amines is 1. The van der Waals surface area contributed by atoms with Crippen molar-refractivity contribution in [1.29, 1.82) is 0 Å². The molecular formula is C11H8F2N2O2. The number of benzene rings is 1. The zero-order valence-electron chi connectivity index (χ0n) is 8.58. The maximum absolute atomic E-state index is 13.4. The van der Waals surface area contributed by atoms with Gasteiger partial charge in [0.15, 0.2) is 5.41 Å². The van der Waals surface area contributed by atoms with E-state index in [-0.39, 0.29) is 5.56 Å². The molecule has 1 aliphatic carbocycles. The first-order valence-corrected chi connectivity index (χ1v) is 5.03. The first-order valence-electron chi connectivity index (χ1n) is 5.03. The SMILES string of the molecule is O=C(O)C1(c2cccc3cn[nH]c23)CC1(F)F. The molecule has 0 saturated heterocycles. The monoisotopic (exact) mass is 238 g/mol. The highest BCUT2D eigenvalue weighted by Gasteiger charge is 2.77. The van der Waals surface area contributed by atoms with Gasteiger partial charge < -0.3 is 5.11 Å². The van der Waals surface area contributed by atoms with E-state index in [0.717, 1.165) is 0 Å². The number of nitrogens with one attached hydrogen (secondary N) is 1. The molecule has 6 heteroatoms. The zero-order valence-corrected chi connectivity index (χ0v) is 8.58. The lowest BCUT2D eigenvalue weighted by atomic mass is 9.93. The van der Waals surface area contributed by atoms with Gasteiger partial charge >= 0.3 is 5.97 Å². The predicted octanol–water partition coefficient (Wildman–Crippen LogP) is 1.92. The molecule has 2 N–H and O–H groups in total. The van der Waals surface area contributed by atoms with Gasteiger partial charge in [0.05, 0.1) is 11.7 Å². The van der Waals surface area contributed by atoms with Gasteiger partial charge in [-0.25, -0.2) is 8.78 Å². The van der Waals surface area contributed by atoms with Gasteiger partial charge in [-0.1, -0.05) is 18.2 Å². The fraction of sp³-hybridized carbons (Fsp3) is 0.273. The molecule has 0 bridgehead atoms. The summed E-state index contributed by atoms with van der Waals surface area (Å²) >= 11 is 0. The van der Waals surface area contributed by atoms with Crippen LogP contribution >= 0.6 is 0 Å². The van der Waals surface area contributed by atoms with E-state index in [1.54, 1.807) is 12.1 Å². The van der Waals surface area contributed by atoms with Gasteiger partial charge in [-0.3, -0.25) is 9.89 Å². The Labute approximate surface area is 94.3 Å². The normalized spacial score (nSPS) is 26.0. The van der Waals surface area contributed by atoms with Crippen molar-refractivity contribution in [2.24, 2.45) is 0 Å². The van der Waals surface area contributed by atoms with E-state index in [0.29, 0.717) is 10.9 Å². The summed E-state index contributed by atoms with van der Waals surface area (Å²) in [6, 6.07) is 4.67. The molecule has 1 unspecified atom stereocenters. The molecular weight excluding hydrogens is 230 g/mol. The van der Waals surface area contributed by atoms with E-state index in [4.69, 9.17) is 5.11 Å². The van der Waals surface area contributed by atoms with E-state index < -0.39 is 23.7 Å². The highest BCUT2D eigenvalue weighted by atomic mass is 19.3. The Morgan fingerprint density at radius 1 is 1.47 bits per heavy atom. The number of carbonyl (C=O) groups is 1. The Kier molecular flexibility index (Phi) is 1.69. The summed E-state index contributed by atoms with van der Waals surface area (Å²) in [6.07, 6.45) is 0.822. The van der Waals surface area contributed by atoms with Crippen molar-refractivity contribution in [3.8, 4) is 0 Å². The summed E-state index contributed by atoms with van der Waals surface area (Å²) in [5.74, 6) is -4.69. The fourth-order valence-corrected chi connectivity index (χ4v) is 2.25. The number of hydrogen-bond donors (Lipinski definition) is 2. The number of aliphatic carboxylic acids is 1. The van der Waals surface area contributed by atoms with Crippen molar-refractivity contribution >= 4 is 16.9 Å². The van der Waals surface area contributed by atoms with Crippen LogP contribution in [0.15, 0.2) is 24.4 Å². The van der Waals surface area contributed by atoms with Crippen LogP contribution in [0.5, 0.6) is 0 Å². The summed E-state index contributed by atoms with van der Waals surface area (Å²) in [7, 11) is 0. The number of hydrogen-bond acceptors (Lipinski definition) is 2.